The van der Waals surface area contributed by atoms with Crippen molar-refractivity contribution in [2.75, 3.05) is 7.11 Å². The van der Waals surface area contributed by atoms with E-state index in [1.54, 1.807) is 13.2 Å². The van der Waals surface area contributed by atoms with E-state index in [1.165, 1.54) is 11.8 Å². The zero-order valence-electron chi connectivity index (χ0n) is 14.6. The van der Waals surface area contributed by atoms with E-state index in [4.69, 9.17) is 4.74 Å². The molecule has 0 bridgehead atoms. The molecule has 0 heterocycles. The van der Waals surface area contributed by atoms with Crippen LogP contribution in [0.5, 0.6) is 11.5 Å². The van der Waals surface area contributed by atoms with Gasteiger partial charge in [0.05, 0.1) is 16.9 Å². The van der Waals surface area contributed by atoms with Gasteiger partial charge in [0.15, 0.2) is 0 Å². The van der Waals surface area contributed by atoms with Crippen molar-refractivity contribution in [3.8, 4) is 11.5 Å². The summed E-state index contributed by atoms with van der Waals surface area (Å²) < 4.78 is 6.94. The van der Waals surface area contributed by atoms with Gasteiger partial charge in [-0.3, -0.25) is 4.79 Å². The number of benzene rings is 2. The van der Waals surface area contributed by atoms with Crippen molar-refractivity contribution in [3.05, 3.63) is 54.2 Å². The largest absolute Gasteiger partial charge is 0.506 e. The molecule has 0 aliphatic rings. The van der Waals surface area contributed by atoms with Crippen molar-refractivity contribution in [2.45, 2.75) is 26.2 Å². The first kappa shape index (κ1) is 20.9. The van der Waals surface area contributed by atoms with Crippen LogP contribution in [0.15, 0.2) is 35.4 Å². The number of methoxy groups -OCH3 is 1. The first-order valence-corrected chi connectivity index (χ1v) is 10.2. The number of hydrogen-bond acceptors (Lipinski definition) is 4. The quantitative estimate of drug-likeness (QED) is 0.291. The zero-order chi connectivity index (χ0) is 19.1. The van der Waals surface area contributed by atoms with Gasteiger partial charge in [0, 0.05) is 15.6 Å². The summed E-state index contributed by atoms with van der Waals surface area (Å²) in [4.78, 5) is 11.9. The average molecular weight is 578 g/mol. The van der Waals surface area contributed by atoms with Crippen LogP contribution in [0.3, 0.4) is 0 Å². The van der Waals surface area contributed by atoms with E-state index in [0.717, 1.165) is 31.3 Å². The van der Waals surface area contributed by atoms with Gasteiger partial charge >= 0.3 is 0 Å². The predicted octanol–water partition coefficient (Wildman–Crippen LogP) is 4.39. The predicted molar refractivity (Wildman–Crippen MR) is 120 cm³/mol. The Morgan fingerprint density at radius 1 is 1.31 bits per heavy atom. The maximum Gasteiger partial charge on any atom is 0.240 e. The van der Waals surface area contributed by atoms with E-state index < -0.39 is 0 Å². The lowest BCUT2D eigenvalue weighted by molar-refractivity contribution is -0.121. The van der Waals surface area contributed by atoms with Crippen LogP contribution in [0.2, 0.25) is 0 Å². The van der Waals surface area contributed by atoms with Crippen LogP contribution in [-0.2, 0) is 11.2 Å². The number of halogens is 2. The lowest BCUT2D eigenvalue weighted by Crippen LogP contribution is -2.17. The van der Waals surface area contributed by atoms with Crippen molar-refractivity contribution in [1.82, 2.24) is 5.43 Å². The minimum Gasteiger partial charge on any atom is -0.506 e. The molecule has 0 fully saturated rings. The van der Waals surface area contributed by atoms with Gasteiger partial charge in [-0.15, -0.1) is 0 Å². The minimum atomic E-state index is -0.146. The molecule has 7 heteroatoms. The van der Waals surface area contributed by atoms with Crippen LogP contribution in [0.25, 0.3) is 0 Å². The van der Waals surface area contributed by atoms with Gasteiger partial charge in [0.1, 0.15) is 11.5 Å². The normalized spacial score (nSPS) is 10.9. The summed E-state index contributed by atoms with van der Waals surface area (Å²) in [6.07, 6.45) is 3.41. The Morgan fingerprint density at radius 3 is 2.77 bits per heavy atom. The van der Waals surface area contributed by atoms with Crippen LogP contribution < -0.4 is 10.2 Å². The van der Waals surface area contributed by atoms with Gasteiger partial charge in [-0.05, 0) is 100 Å². The highest BCUT2D eigenvalue weighted by molar-refractivity contribution is 14.1. The second-order valence-corrected chi connectivity index (χ2v) is 8.17. The Balaban J connectivity index is 1.82. The third-order valence-electron chi connectivity index (χ3n) is 3.85. The Morgan fingerprint density at radius 2 is 2.08 bits per heavy atom. The first-order chi connectivity index (χ1) is 12.4. The third kappa shape index (κ3) is 6.11. The van der Waals surface area contributed by atoms with Gasteiger partial charge < -0.3 is 9.84 Å². The maximum absolute atomic E-state index is 11.9. The van der Waals surface area contributed by atoms with Gasteiger partial charge in [-0.1, -0.05) is 6.07 Å². The van der Waals surface area contributed by atoms with E-state index in [1.807, 2.05) is 31.2 Å². The van der Waals surface area contributed by atoms with Crippen molar-refractivity contribution in [2.24, 2.45) is 5.10 Å². The third-order valence-corrected chi connectivity index (χ3v) is 5.30. The van der Waals surface area contributed by atoms with E-state index in [0.29, 0.717) is 12.0 Å². The molecule has 0 saturated heterocycles. The fraction of sp³-hybridized carbons (Fsp3) is 0.263. The highest BCUT2D eigenvalue weighted by atomic mass is 127. The summed E-state index contributed by atoms with van der Waals surface area (Å²) in [6.45, 7) is 2.04. The van der Waals surface area contributed by atoms with Crippen molar-refractivity contribution in [3.63, 3.8) is 0 Å². The standard InChI is InChI=1S/C19H20I2N2O3/c1-12-8-16(26-2)7-6-13(12)4-3-5-18(24)23-22-11-14-9-15(20)10-17(21)19(14)25/h6-11,25H,3-5H2,1-2H3,(H,23,24)/b22-11-. The van der Waals surface area contributed by atoms with Crippen LogP contribution in [0, 0.1) is 14.1 Å². The molecule has 0 saturated carbocycles. The van der Waals surface area contributed by atoms with Gasteiger partial charge in [0.2, 0.25) is 5.91 Å². The Bertz CT molecular complexity index is 823. The molecule has 0 aromatic heterocycles. The van der Waals surface area contributed by atoms with Crippen molar-refractivity contribution in [1.29, 1.82) is 0 Å². The van der Waals surface area contributed by atoms with Crippen molar-refractivity contribution >= 4 is 57.3 Å². The Hall–Kier alpha value is -1.36. The van der Waals surface area contributed by atoms with Crippen LogP contribution >= 0.6 is 45.2 Å². The monoisotopic (exact) mass is 578 g/mol. The Kier molecular flexibility index (Phi) is 8.14. The summed E-state index contributed by atoms with van der Waals surface area (Å²) in [6, 6.07) is 9.63. The number of amides is 1. The molecule has 2 aromatic carbocycles. The van der Waals surface area contributed by atoms with E-state index in [-0.39, 0.29) is 11.7 Å². The molecule has 0 aliphatic heterocycles. The second-order valence-electron chi connectivity index (χ2n) is 5.76. The number of nitrogens with zero attached hydrogens (tertiary/aromatic N) is 1. The summed E-state index contributed by atoms with van der Waals surface area (Å²) >= 11 is 4.23. The van der Waals surface area contributed by atoms with Crippen molar-refractivity contribution < 1.29 is 14.6 Å². The number of carbonyl (C=O) groups is 1. The molecular formula is C19H20I2N2O3. The number of ether oxygens (including phenoxy) is 1. The molecule has 138 valence electrons. The van der Waals surface area contributed by atoms with Gasteiger partial charge in [-0.25, -0.2) is 5.43 Å². The number of phenols is 1. The van der Waals surface area contributed by atoms with E-state index in [9.17, 15) is 9.90 Å². The molecule has 0 spiro atoms. The molecule has 5 nitrogen and oxygen atoms in total. The van der Waals surface area contributed by atoms with E-state index in [2.05, 4.69) is 55.7 Å². The smallest absolute Gasteiger partial charge is 0.240 e. The maximum atomic E-state index is 11.9. The topological polar surface area (TPSA) is 70.9 Å². The fourth-order valence-corrected chi connectivity index (χ4v) is 4.32. The average Bonchev–Trinajstić information content (AvgIpc) is 2.60. The highest BCUT2D eigenvalue weighted by Crippen LogP contribution is 2.25. The van der Waals surface area contributed by atoms with Gasteiger partial charge in [-0.2, -0.15) is 5.10 Å². The summed E-state index contributed by atoms with van der Waals surface area (Å²) in [5.41, 5.74) is 5.46. The number of hydrogen-bond donors (Lipinski definition) is 2. The molecule has 0 aliphatic carbocycles. The number of hydrazone groups is 1. The first-order valence-electron chi connectivity index (χ1n) is 8.04. The zero-order valence-corrected chi connectivity index (χ0v) is 18.9. The molecule has 26 heavy (non-hydrogen) atoms. The number of nitrogens with one attached hydrogen (secondary N) is 1. The number of phenolic OH excluding ortho intramolecular Hbond substituents is 1. The lowest BCUT2D eigenvalue weighted by atomic mass is 10.0. The summed E-state index contributed by atoms with van der Waals surface area (Å²) in [7, 11) is 1.65. The molecule has 0 unspecified atom stereocenters. The molecule has 2 aromatic rings. The molecule has 2 rings (SSSR count). The van der Waals surface area contributed by atoms with Crippen LogP contribution in [0.4, 0.5) is 0 Å². The molecular weight excluding hydrogens is 558 g/mol. The van der Waals surface area contributed by atoms with E-state index >= 15 is 0 Å². The summed E-state index contributed by atoms with van der Waals surface area (Å²) in [5, 5.41) is 13.9. The Labute approximate surface area is 180 Å². The number of aryl methyl sites for hydroxylation is 2. The lowest BCUT2D eigenvalue weighted by Gasteiger charge is -2.07. The van der Waals surface area contributed by atoms with Crippen LogP contribution in [-0.4, -0.2) is 24.3 Å². The molecule has 1 amide bonds. The number of aromatic hydroxyl groups is 1. The number of carbonyl (C=O) groups excluding carboxylic acids is 1. The SMILES string of the molecule is COc1ccc(CCCC(=O)N/N=C\c2cc(I)cc(I)c2O)c(C)c1. The number of rotatable bonds is 7. The molecule has 0 atom stereocenters. The van der Waals surface area contributed by atoms with Gasteiger partial charge in [0.25, 0.3) is 0 Å². The minimum absolute atomic E-state index is 0.146. The fourth-order valence-electron chi connectivity index (χ4n) is 2.43. The summed E-state index contributed by atoms with van der Waals surface area (Å²) in [5.74, 6) is 0.859. The molecule has 0 radical (unpaired) electrons. The van der Waals surface area contributed by atoms with Crippen LogP contribution in [0.1, 0.15) is 29.5 Å². The molecule has 2 N–H and O–H groups in total. The second kappa shape index (κ2) is 10.1. The highest BCUT2D eigenvalue weighted by Gasteiger charge is 2.06.